The SMILES string of the molecule is CC1(C)OB(C(=Cc2ccc(O)c3ccccc23)CN)OC1(C)C. The van der Waals surface area contributed by atoms with Crippen LogP contribution in [0, 0.1) is 0 Å². The fourth-order valence-electron chi connectivity index (χ4n) is 2.85. The number of phenols is 1. The Bertz CT molecular complexity index is 782. The van der Waals surface area contributed by atoms with E-state index in [1.165, 1.54) is 0 Å². The van der Waals surface area contributed by atoms with Gasteiger partial charge < -0.3 is 20.1 Å². The monoisotopic (exact) mass is 325 g/mol. The number of aromatic hydroxyl groups is 1. The molecule has 0 amide bonds. The first-order valence-corrected chi connectivity index (χ1v) is 8.22. The van der Waals surface area contributed by atoms with Crippen molar-refractivity contribution in [3.8, 4) is 5.75 Å². The Labute approximate surface area is 143 Å². The van der Waals surface area contributed by atoms with Crippen LogP contribution in [0.5, 0.6) is 5.75 Å². The van der Waals surface area contributed by atoms with E-state index in [4.69, 9.17) is 15.0 Å². The summed E-state index contributed by atoms with van der Waals surface area (Å²) >= 11 is 0. The van der Waals surface area contributed by atoms with Crippen LogP contribution in [0.15, 0.2) is 41.9 Å². The molecule has 0 saturated carbocycles. The summed E-state index contributed by atoms with van der Waals surface area (Å²) in [6, 6.07) is 11.3. The topological polar surface area (TPSA) is 64.7 Å². The molecule has 126 valence electrons. The second kappa shape index (κ2) is 5.92. The van der Waals surface area contributed by atoms with Gasteiger partial charge >= 0.3 is 7.12 Å². The van der Waals surface area contributed by atoms with Gasteiger partial charge in [0.1, 0.15) is 5.75 Å². The van der Waals surface area contributed by atoms with Crippen LogP contribution in [0.2, 0.25) is 0 Å². The molecule has 1 aliphatic rings. The summed E-state index contributed by atoms with van der Waals surface area (Å²) in [7, 11) is -0.465. The Kier molecular flexibility index (Phi) is 4.20. The Morgan fingerprint density at radius 2 is 1.62 bits per heavy atom. The van der Waals surface area contributed by atoms with E-state index in [1.54, 1.807) is 6.07 Å². The van der Waals surface area contributed by atoms with Crippen molar-refractivity contribution in [1.82, 2.24) is 0 Å². The number of rotatable bonds is 3. The standard InChI is InChI=1S/C19H24BNO3/c1-18(2)19(3,4)24-20(23-18)14(12-21)11-13-9-10-17(22)16-8-6-5-7-15(13)16/h5-11,22H,12,21H2,1-4H3. The van der Waals surface area contributed by atoms with E-state index in [0.29, 0.717) is 6.54 Å². The second-order valence-corrected chi connectivity index (χ2v) is 7.23. The first kappa shape index (κ1) is 17.0. The number of nitrogens with two attached hydrogens (primary N) is 1. The van der Waals surface area contributed by atoms with Gasteiger partial charge in [0.2, 0.25) is 0 Å². The van der Waals surface area contributed by atoms with Gasteiger partial charge in [0.25, 0.3) is 0 Å². The third-order valence-electron chi connectivity index (χ3n) is 5.07. The van der Waals surface area contributed by atoms with Crippen LogP contribution in [-0.4, -0.2) is 30.0 Å². The molecule has 0 atom stereocenters. The van der Waals surface area contributed by atoms with E-state index in [-0.39, 0.29) is 5.75 Å². The molecule has 24 heavy (non-hydrogen) atoms. The summed E-state index contributed by atoms with van der Waals surface area (Å²) in [4.78, 5) is 0. The first-order valence-electron chi connectivity index (χ1n) is 8.22. The van der Waals surface area contributed by atoms with Gasteiger partial charge in [-0.3, -0.25) is 0 Å². The van der Waals surface area contributed by atoms with E-state index in [0.717, 1.165) is 21.8 Å². The molecule has 1 aliphatic heterocycles. The molecule has 0 unspecified atom stereocenters. The van der Waals surface area contributed by atoms with Crippen LogP contribution in [0.4, 0.5) is 0 Å². The maximum absolute atomic E-state index is 10.0. The van der Waals surface area contributed by atoms with E-state index in [1.807, 2.05) is 64.1 Å². The molecule has 2 aromatic rings. The number of hydrogen-bond donors (Lipinski definition) is 2. The molecule has 0 aliphatic carbocycles. The molecule has 0 spiro atoms. The lowest BCUT2D eigenvalue weighted by Crippen LogP contribution is -2.41. The zero-order valence-electron chi connectivity index (χ0n) is 14.7. The van der Waals surface area contributed by atoms with Crippen molar-refractivity contribution in [3.63, 3.8) is 0 Å². The van der Waals surface area contributed by atoms with Crippen LogP contribution in [0.3, 0.4) is 0 Å². The largest absolute Gasteiger partial charge is 0.507 e. The van der Waals surface area contributed by atoms with Crippen LogP contribution >= 0.6 is 0 Å². The van der Waals surface area contributed by atoms with Crippen LogP contribution in [0.1, 0.15) is 33.3 Å². The van der Waals surface area contributed by atoms with E-state index >= 15 is 0 Å². The molecular formula is C19H24BNO3. The zero-order valence-corrected chi connectivity index (χ0v) is 14.7. The Morgan fingerprint density at radius 1 is 1.04 bits per heavy atom. The molecule has 1 fully saturated rings. The third kappa shape index (κ3) is 2.84. The summed E-state index contributed by atoms with van der Waals surface area (Å²) < 4.78 is 12.2. The maximum atomic E-state index is 10.0. The molecule has 0 radical (unpaired) electrons. The van der Waals surface area contributed by atoms with Crippen molar-refractivity contribution in [2.24, 2.45) is 5.73 Å². The molecule has 3 N–H and O–H groups in total. The molecule has 0 aromatic heterocycles. The minimum absolute atomic E-state index is 0.271. The first-order chi connectivity index (χ1) is 11.2. The molecular weight excluding hydrogens is 301 g/mol. The second-order valence-electron chi connectivity index (χ2n) is 7.23. The minimum atomic E-state index is -0.465. The quantitative estimate of drug-likeness (QED) is 0.848. The number of hydrogen-bond acceptors (Lipinski definition) is 4. The molecule has 2 aromatic carbocycles. The van der Waals surface area contributed by atoms with Crippen LogP contribution < -0.4 is 5.73 Å². The lowest BCUT2D eigenvalue weighted by atomic mass is 9.77. The minimum Gasteiger partial charge on any atom is -0.507 e. The zero-order chi connectivity index (χ0) is 17.5. The smallest absolute Gasteiger partial charge is 0.491 e. The Hall–Kier alpha value is -1.82. The van der Waals surface area contributed by atoms with E-state index < -0.39 is 18.3 Å². The number of phenolic OH excluding ortho intramolecular Hbond substituents is 1. The van der Waals surface area contributed by atoms with Crippen molar-refractivity contribution in [3.05, 3.63) is 47.4 Å². The van der Waals surface area contributed by atoms with Gasteiger partial charge in [0.05, 0.1) is 11.2 Å². The molecule has 5 heteroatoms. The van der Waals surface area contributed by atoms with Gasteiger partial charge in [-0.25, -0.2) is 0 Å². The summed E-state index contributed by atoms with van der Waals surface area (Å²) in [5, 5.41) is 11.8. The van der Waals surface area contributed by atoms with Gasteiger partial charge in [0, 0.05) is 11.9 Å². The lowest BCUT2D eigenvalue weighted by Gasteiger charge is -2.32. The van der Waals surface area contributed by atoms with Crippen molar-refractivity contribution in [2.45, 2.75) is 38.9 Å². The molecule has 1 heterocycles. The molecule has 1 saturated heterocycles. The van der Waals surface area contributed by atoms with Crippen LogP contribution in [-0.2, 0) is 9.31 Å². The average molecular weight is 325 g/mol. The van der Waals surface area contributed by atoms with E-state index in [2.05, 4.69) is 0 Å². The number of benzene rings is 2. The fraction of sp³-hybridized carbons (Fsp3) is 0.368. The molecule has 4 nitrogen and oxygen atoms in total. The highest BCUT2D eigenvalue weighted by atomic mass is 16.7. The Morgan fingerprint density at radius 3 is 2.21 bits per heavy atom. The number of fused-ring (bicyclic) bond motifs is 1. The highest BCUT2D eigenvalue weighted by Gasteiger charge is 2.52. The predicted molar refractivity (Wildman–Crippen MR) is 98.7 cm³/mol. The van der Waals surface area contributed by atoms with Crippen LogP contribution in [0.25, 0.3) is 16.8 Å². The maximum Gasteiger partial charge on any atom is 0.491 e. The van der Waals surface area contributed by atoms with Crippen molar-refractivity contribution in [2.75, 3.05) is 6.54 Å². The molecule has 0 bridgehead atoms. The normalized spacial score (nSPS) is 19.9. The van der Waals surface area contributed by atoms with Gasteiger partial charge in [-0.2, -0.15) is 0 Å². The summed E-state index contributed by atoms with van der Waals surface area (Å²) in [6.45, 7) is 8.44. The summed E-state index contributed by atoms with van der Waals surface area (Å²) in [5.74, 6) is 0.271. The molecule has 3 rings (SSSR count). The van der Waals surface area contributed by atoms with Gasteiger partial charge in [-0.1, -0.05) is 36.4 Å². The van der Waals surface area contributed by atoms with Gasteiger partial charge in [-0.15, -0.1) is 0 Å². The van der Waals surface area contributed by atoms with Gasteiger partial charge in [0.15, 0.2) is 0 Å². The van der Waals surface area contributed by atoms with Crippen molar-refractivity contribution < 1.29 is 14.4 Å². The van der Waals surface area contributed by atoms with Gasteiger partial charge in [-0.05, 0) is 50.2 Å². The van der Waals surface area contributed by atoms with E-state index in [9.17, 15) is 5.11 Å². The lowest BCUT2D eigenvalue weighted by molar-refractivity contribution is 0.00578. The summed E-state index contributed by atoms with van der Waals surface area (Å²) in [5.41, 5.74) is 7.04. The Balaban J connectivity index is 2.03. The van der Waals surface area contributed by atoms with Crippen molar-refractivity contribution in [1.29, 1.82) is 0 Å². The van der Waals surface area contributed by atoms with Crippen molar-refractivity contribution >= 4 is 24.0 Å². The highest BCUT2D eigenvalue weighted by Crippen LogP contribution is 2.39. The predicted octanol–water partition coefficient (Wildman–Crippen LogP) is 3.52. The average Bonchev–Trinajstić information content (AvgIpc) is 2.75. The highest BCUT2D eigenvalue weighted by molar-refractivity contribution is 6.56. The third-order valence-corrected chi connectivity index (χ3v) is 5.07. The summed E-state index contributed by atoms with van der Waals surface area (Å²) in [6.07, 6.45) is 2.00. The fourth-order valence-corrected chi connectivity index (χ4v) is 2.85.